The van der Waals surface area contributed by atoms with E-state index < -0.39 is 0 Å². The van der Waals surface area contributed by atoms with Crippen molar-refractivity contribution in [3.8, 4) is 5.75 Å². The molecule has 0 spiro atoms. The minimum atomic E-state index is 0.189. The standard InChI is InChI=1S/C17H28O2/c1-4-17(3,5-2)11-7-13-19-16-9-6-8-15(14-16)10-12-18/h6,8-9,14,18H,4-5,7,10-13H2,1-3H3. The van der Waals surface area contributed by atoms with Gasteiger partial charge in [-0.15, -0.1) is 0 Å². The van der Waals surface area contributed by atoms with Crippen molar-refractivity contribution in [1.29, 1.82) is 0 Å². The molecule has 0 amide bonds. The molecule has 1 rings (SSSR count). The molecule has 0 heterocycles. The van der Waals surface area contributed by atoms with Gasteiger partial charge in [-0.1, -0.05) is 45.7 Å². The molecule has 0 aliphatic carbocycles. The van der Waals surface area contributed by atoms with Gasteiger partial charge in [0.15, 0.2) is 0 Å². The van der Waals surface area contributed by atoms with Crippen molar-refractivity contribution in [2.24, 2.45) is 5.41 Å². The molecular formula is C17H28O2. The Balaban J connectivity index is 2.35. The van der Waals surface area contributed by atoms with Crippen molar-refractivity contribution in [1.82, 2.24) is 0 Å². The molecule has 0 aliphatic heterocycles. The van der Waals surface area contributed by atoms with Gasteiger partial charge in [-0.2, -0.15) is 0 Å². The lowest BCUT2D eigenvalue weighted by atomic mass is 9.80. The highest BCUT2D eigenvalue weighted by molar-refractivity contribution is 5.28. The quantitative estimate of drug-likeness (QED) is 0.677. The highest BCUT2D eigenvalue weighted by Gasteiger charge is 2.18. The minimum Gasteiger partial charge on any atom is -0.494 e. The van der Waals surface area contributed by atoms with Crippen molar-refractivity contribution in [3.05, 3.63) is 29.8 Å². The largest absolute Gasteiger partial charge is 0.494 e. The Morgan fingerprint density at radius 1 is 1.21 bits per heavy atom. The van der Waals surface area contributed by atoms with E-state index in [9.17, 15) is 0 Å². The summed E-state index contributed by atoms with van der Waals surface area (Å²) >= 11 is 0. The highest BCUT2D eigenvalue weighted by Crippen LogP contribution is 2.30. The number of hydrogen-bond donors (Lipinski definition) is 1. The fourth-order valence-electron chi connectivity index (χ4n) is 2.21. The first-order valence-corrected chi connectivity index (χ1v) is 7.46. The summed E-state index contributed by atoms with van der Waals surface area (Å²) in [6, 6.07) is 8.02. The maximum Gasteiger partial charge on any atom is 0.119 e. The fraction of sp³-hybridized carbons (Fsp3) is 0.647. The van der Waals surface area contributed by atoms with Crippen LogP contribution in [0, 0.1) is 5.41 Å². The maximum absolute atomic E-state index is 8.93. The molecule has 0 atom stereocenters. The summed E-state index contributed by atoms with van der Waals surface area (Å²) in [7, 11) is 0. The molecule has 0 radical (unpaired) electrons. The second-order valence-electron chi connectivity index (χ2n) is 5.59. The third-order valence-corrected chi connectivity index (χ3v) is 4.20. The van der Waals surface area contributed by atoms with E-state index in [1.807, 2.05) is 24.3 Å². The van der Waals surface area contributed by atoms with E-state index in [-0.39, 0.29) is 6.61 Å². The SMILES string of the molecule is CCC(C)(CC)CCCOc1cccc(CCO)c1. The van der Waals surface area contributed by atoms with E-state index in [0.717, 1.165) is 24.3 Å². The summed E-state index contributed by atoms with van der Waals surface area (Å²) in [6.45, 7) is 7.85. The van der Waals surface area contributed by atoms with Gasteiger partial charge in [0.25, 0.3) is 0 Å². The zero-order valence-electron chi connectivity index (χ0n) is 12.6. The minimum absolute atomic E-state index is 0.189. The smallest absolute Gasteiger partial charge is 0.119 e. The highest BCUT2D eigenvalue weighted by atomic mass is 16.5. The van der Waals surface area contributed by atoms with Crippen LogP contribution in [-0.2, 0) is 6.42 Å². The Morgan fingerprint density at radius 3 is 2.58 bits per heavy atom. The molecule has 0 aromatic heterocycles. The summed E-state index contributed by atoms with van der Waals surface area (Å²) in [5, 5.41) is 8.93. The van der Waals surface area contributed by atoms with Crippen LogP contribution in [0.3, 0.4) is 0 Å². The van der Waals surface area contributed by atoms with Gasteiger partial charge in [-0.3, -0.25) is 0 Å². The molecule has 0 saturated heterocycles. The summed E-state index contributed by atoms with van der Waals surface area (Å²) in [5.74, 6) is 0.917. The topological polar surface area (TPSA) is 29.5 Å². The van der Waals surface area contributed by atoms with Crippen LogP contribution in [0.5, 0.6) is 5.75 Å². The van der Waals surface area contributed by atoms with Gasteiger partial charge in [0, 0.05) is 6.61 Å². The van der Waals surface area contributed by atoms with Gasteiger partial charge in [0.2, 0.25) is 0 Å². The van der Waals surface area contributed by atoms with Gasteiger partial charge < -0.3 is 9.84 Å². The molecule has 1 N–H and O–H groups in total. The van der Waals surface area contributed by atoms with Crippen LogP contribution < -0.4 is 4.74 Å². The van der Waals surface area contributed by atoms with Crippen LogP contribution in [0.1, 0.15) is 52.0 Å². The predicted molar refractivity (Wildman–Crippen MR) is 80.6 cm³/mol. The van der Waals surface area contributed by atoms with Crippen molar-refractivity contribution >= 4 is 0 Å². The number of ether oxygens (including phenoxy) is 1. The summed E-state index contributed by atoms with van der Waals surface area (Å²) in [5.41, 5.74) is 1.59. The number of aliphatic hydroxyl groups is 1. The molecule has 0 saturated carbocycles. The van der Waals surface area contributed by atoms with Crippen LogP contribution >= 0.6 is 0 Å². The molecule has 1 aromatic rings. The monoisotopic (exact) mass is 264 g/mol. The van der Waals surface area contributed by atoms with Gasteiger partial charge >= 0.3 is 0 Å². The molecule has 2 heteroatoms. The molecule has 108 valence electrons. The molecule has 0 fully saturated rings. The second kappa shape index (κ2) is 8.21. The number of aliphatic hydroxyl groups excluding tert-OH is 1. The van der Waals surface area contributed by atoms with Crippen LogP contribution in [0.15, 0.2) is 24.3 Å². The molecule has 0 aliphatic rings. The van der Waals surface area contributed by atoms with E-state index >= 15 is 0 Å². The van der Waals surface area contributed by atoms with Gasteiger partial charge in [0.05, 0.1) is 6.61 Å². The molecule has 0 bridgehead atoms. The van der Waals surface area contributed by atoms with Crippen LogP contribution in [0.2, 0.25) is 0 Å². The maximum atomic E-state index is 8.93. The van der Waals surface area contributed by atoms with E-state index in [4.69, 9.17) is 9.84 Å². The molecule has 2 nitrogen and oxygen atoms in total. The van der Waals surface area contributed by atoms with Crippen molar-refractivity contribution in [2.75, 3.05) is 13.2 Å². The Kier molecular flexibility index (Phi) is 6.93. The summed E-state index contributed by atoms with van der Waals surface area (Å²) in [6.07, 6.45) is 5.48. The third-order valence-electron chi connectivity index (χ3n) is 4.20. The molecule has 1 aromatic carbocycles. The van der Waals surface area contributed by atoms with Crippen LogP contribution in [0.4, 0.5) is 0 Å². The van der Waals surface area contributed by atoms with E-state index in [2.05, 4.69) is 20.8 Å². The molecule has 0 unspecified atom stereocenters. The Hall–Kier alpha value is -1.02. The first kappa shape index (κ1) is 16.0. The molecule has 19 heavy (non-hydrogen) atoms. The normalized spacial score (nSPS) is 11.6. The van der Waals surface area contributed by atoms with Gasteiger partial charge in [-0.05, 0) is 42.4 Å². The van der Waals surface area contributed by atoms with E-state index in [1.54, 1.807) is 0 Å². The zero-order chi connectivity index (χ0) is 14.1. The Morgan fingerprint density at radius 2 is 1.95 bits per heavy atom. The number of rotatable bonds is 9. The first-order chi connectivity index (χ1) is 9.13. The summed E-state index contributed by atoms with van der Waals surface area (Å²) in [4.78, 5) is 0. The number of hydrogen-bond acceptors (Lipinski definition) is 2. The summed E-state index contributed by atoms with van der Waals surface area (Å²) < 4.78 is 5.80. The Labute approximate surface area is 117 Å². The lowest BCUT2D eigenvalue weighted by Crippen LogP contribution is -2.15. The first-order valence-electron chi connectivity index (χ1n) is 7.46. The van der Waals surface area contributed by atoms with Crippen molar-refractivity contribution in [2.45, 2.75) is 52.9 Å². The van der Waals surface area contributed by atoms with Gasteiger partial charge in [-0.25, -0.2) is 0 Å². The predicted octanol–water partition coefficient (Wildman–Crippen LogP) is 4.21. The average Bonchev–Trinajstić information content (AvgIpc) is 2.44. The lowest BCUT2D eigenvalue weighted by Gasteiger charge is -2.26. The van der Waals surface area contributed by atoms with Crippen LogP contribution in [0.25, 0.3) is 0 Å². The Bertz CT molecular complexity index is 356. The molecular weight excluding hydrogens is 236 g/mol. The van der Waals surface area contributed by atoms with E-state index in [1.165, 1.54) is 19.3 Å². The van der Waals surface area contributed by atoms with Crippen molar-refractivity contribution in [3.63, 3.8) is 0 Å². The fourth-order valence-corrected chi connectivity index (χ4v) is 2.21. The number of benzene rings is 1. The average molecular weight is 264 g/mol. The van der Waals surface area contributed by atoms with Gasteiger partial charge in [0.1, 0.15) is 5.75 Å². The lowest BCUT2D eigenvalue weighted by molar-refractivity contribution is 0.227. The van der Waals surface area contributed by atoms with Crippen LogP contribution in [-0.4, -0.2) is 18.3 Å². The van der Waals surface area contributed by atoms with E-state index in [0.29, 0.717) is 11.8 Å². The van der Waals surface area contributed by atoms with Crippen molar-refractivity contribution < 1.29 is 9.84 Å². The third kappa shape index (κ3) is 5.65. The zero-order valence-corrected chi connectivity index (χ0v) is 12.6. The second-order valence-corrected chi connectivity index (χ2v) is 5.59.